The zero-order chi connectivity index (χ0) is 13.7. The summed E-state index contributed by atoms with van der Waals surface area (Å²) in [5.41, 5.74) is 0. The first-order valence-corrected chi connectivity index (χ1v) is 6.61. The predicted octanol–water partition coefficient (Wildman–Crippen LogP) is 3.04. The van der Waals surface area contributed by atoms with Crippen molar-refractivity contribution in [3.05, 3.63) is 18.2 Å². The van der Waals surface area contributed by atoms with Crippen LogP contribution >= 0.6 is 0 Å². The molecule has 0 N–H and O–H groups in total. The van der Waals surface area contributed by atoms with E-state index >= 15 is 0 Å². The summed E-state index contributed by atoms with van der Waals surface area (Å²) in [6.45, 7) is 5.70. The molecule has 0 fully saturated rings. The zero-order valence-electron chi connectivity index (χ0n) is 11.3. The van der Waals surface area contributed by atoms with Crippen LogP contribution in [0, 0.1) is 0 Å². The fourth-order valence-electron chi connectivity index (χ4n) is 1.94. The van der Waals surface area contributed by atoms with Crippen LogP contribution in [0.2, 0.25) is 0 Å². The predicted molar refractivity (Wildman–Crippen MR) is 70.7 cm³/mol. The van der Waals surface area contributed by atoms with Crippen LogP contribution in [-0.2, 0) is 0 Å². The zero-order valence-corrected chi connectivity index (χ0v) is 11.3. The molecule has 1 aromatic carbocycles. The molecule has 1 aliphatic heterocycles. The van der Waals surface area contributed by atoms with E-state index in [0.29, 0.717) is 30.3 Å². The highest BCUT2D eigenvalue weighted by molar-refractivity contribution is 5.71. The summed E-state index contributed by atoms with van der Waals surface area (Å²) < 4.78 is 15.8. The lowest BCUT2D eigenvalue weighted by Crippen LogP contribution is -2.34. The van der Waals surface area contributed by atoms with Gasteiger partial charge in [0.05, 0.1) is 0 Å². The van der Waals surface area contributed by atoms with E-state index in [-0.39, 0.29) is 12.9 Å². The molecule has 104 valence electrons. The van der Waals surface area contributed by atoms with Crippen molar-refractivity contribution >= 4 is 6.09 Å². The fourth-order valence-corrected chi connectivity index (χ4v) is 1.94. The van der Waals surface area contributed by atoms with Crippen molar-refractivity contribution in [2.24, 2.45) is 0 Å². The van der Waals surface area contributed by atoms with Crippen LogP contribution in [0.1, 0.15) is 26.7 Å². The summed E-state index contributed by atoms with van der Waals surface area (Å²) in [6.07, 6.45) is 1.51. The first-order chi connectivity index (χ1) is 9.24. The summed E-state index contributed by atoms with van der Waals surface area (Å²) in [5.74, 6) is 1.77. The number of fused-ring (bicyclic) bond motifs is 1. The number of hydrogen-bond acceptors (Lipinski definition) is 4. The van der Waals surface area contributed by atoms with Crippen molar-refractivity contribution in [2.75, 3.05) is 19.9 Å². The van der Waals surface area contributed by atoms with Gasteiger partial charge in [0.25, 0.3) is 0 Å². The van der Waals surface area contributed by atoms with E-state index in [1.165, 1.54) is 0 Å². The molecule has 1 amide bonds. The molecule has 19 heavy (non-hydrogen) atoms. The smallest absolute Gasteiger partial charge is 0.415 e. The summed E-state index contributed by atoms with van der Waals surface area (Å²) in [4.78, 5) is 13.7. The molecular formula is C14H19NO4. The molecule has 2 rings (SSSR count). The Morgan fingerprint density at radius 1 is 1.21 bits per heavy atom. The molecular weight excluding hydrogens is 246 g/mol. The quantitative estimate of drug-likeness (QED) is 0.821. The van der Waals surface area contributed by atoms with Crippen molar-refractivity contribution in [2.45, 2.75) is 26.7 Å². The second kappa shape index (κ2) is 6.31. The Morgan fingerprint density at radius 3 is 2.58 bits per heavy atom. The van der Waals surface area contributed by atoms with Gasteiger partial charge >= 0.3 is 6.09 Å². The maximum atomic E-state index is 12.0. The van der Waals surface area contributed by atoms with Gasteiger partial charge in [0.2, 0.25) is 6.79 Å². The van der Waals surface area contributed by atoms with Crippen LogP contribution in [0.25, 0.3) is 0 Å². The summed E-state index contributed by atoms with van der Waals surface area (Å²) in [7, 11) is 0. The minimum absolute atomic E-state index is 0.213. The van der Waals surface area contributed by atoms with Gasteiger partial charge in [0.15, 0.2) is 11.5 Å². The first-order valence-electron chi connectivity index (χ1n) is 6.61. The van der Waals surface area contributed by atoms with Gasteiger partial charge in [0, 0.05) is 19.2 Å². The first kappa shape index (κ1) is 13.5. The van der Waals surface area contributed by atoms with Gasteiger partial charge in [-0.25, -0.2) is 4.79 Å². The number of ether oxygens (including phenoxy) is 3. The van der Waals surface area contributed by atoms with Crippen LogP contribution < -0.4 is 14.2 Å². The monoisotopic (exact) mass is 265 g/mol. The average molecular weight is 265 g/mol. The van der Waals surface area contributed by atoms with Crippen LogP contribution in [-0.4, -0.2) is 30.9 Å². The highest BCUT2D eigenvalue weighted by Gasteiger charge is 2.17. The number of hydrogen-bond donors (Lipinski definition) is 0. The van der Waals surface area contributed by atoms with Gasteiger partial charge in [0.1, 0.15) is 5.75 Å². The molecule has 5 heteroatoms. The Kier molecular flexibility index (Phi) is 4.49. The van der Waals surface area contributed by atoms with Crippen molar-refractivity contribution in [1.29, 1.82) is 0 Å². The van der Waals surface area contributed by atoms with Gasteiger partial charge in [-0.1, -0.05) is 13.8 Å². The average Bonchev–Trinajstić information content (AvgIpc) is 2.86. The number of carbonyl (C=O) groups is 1. The molecule has 1 heterocycles. The highest BCUT2D eigenvalue weighted by atomic mass is 16.7. The lowest BCUT2D eigenvalue weighted by Gasteiger charge is -2.20. The Labute approximate surface area is 113 Å². The second-order valence-corrected chi connectivity index (χ2v) is 4.37. The molecule has 0 saturated heterocycles. The van der Waals surface area contributed by atoms with E-state index in [1.807, 2.05) is 13.8 Å². The summed E-state index contributed by atoms with van der Waals surface area (Å²) in [6, 6.07) is 5.13. The van der Waals surface area contributed by atoms with E-state index in [9.17, 15) is 4.79 Å². The van der Waals surface area contributed by atoms with Crippen molar-refractivity contribution < 1.29 is 19.0 Å². The molecule has 0 radical (unpaired) electrons. The van der Waals surface area contributed by atoms with Crippen molar-refractivity contribution in [3.8, 4) is 17.2 Å². The van der Waals surface area contributed by atoms with Gasteiger partial charge in [-0.3, -0.25) is 0 Å². The standard InChI is InChI=1S/C14H19NO4/c1-3-7-15(8-4-2)14(16)19-11-5-6-12-13(9-11)18-10-17-12/h5-6,9H,3-4,7-8,10H2,1-2H3. The summed E-state index contributed by atoms with van der Waals surface area (Å²) in [5, 5.41) is 0. The Morgan fingerprint density at radius 2 is 1.89 bits per heavy atom. The number of amides is 1. The van der Waals surface area contributed by atoms with Gasteiger partial charge in [-0.05, 0) is 25.0 Å². The van der Waals surface area contributed by atoms with Gasteiger partial charge in [-0.15, -0.1) is 0 Å². The SMILES string of the molecule is CCCN(CCC)C(=O)Oc1ccc2c(c1)OCO2. The molecule has 1 aliphatic rings. The molecule has 1 aromatic rings. The van der Waals surface area contributed by atoms with Crippen molar-refractivity contribution in [3.63, 3.8) is 0 Å². The van der Waals surface area contributed by atoms with Crippen LogP contribution in [0.5, 0.6) is 17.2 Å². The summed E-state index contributed by atoms with van der Waals surface area (Å²) >= 11 is 0. The van der Waals surface area contributed by atoms with Crippen LogP contribution in [0.4, 0.5) is 4.79 Å². The molecule has 0 spiro atoms. The number of benzene rings is 1. The van der Waals surface area contributed by atoms with E-state index in [0.717, 1.165) is 12.8 Å². The number of carbonyl (C=O) groups excluding carboxylic acids is 1. The molecule has 0 bridgehead atoms. The molecule has 0 aromatic heterocycles. The highest BCUT2D eigenvalue weighted by Crippen LogP contribution is 2.35. The Bertz CT molecular complexity index is 441. The van der Waals surface area contributed by atoms with Gasteiger partial charge < -0.3 is 19.1 Å². The number of nitrogens with zero attached hydrogens (tertiary/aromatic N) is 1. The normalized spacial score (nSPS) is 12.3. The van der Waals surface area contributed by atoms with Gasteiger partial charge in [-0.2, -0.15) is 0 Å². The minimum atomic E-state index is -0.317. The third kappa shape index (κ3) is 3.30. The molecule has 0 atom stereocenters. The van der Waals surface area contributed by atoms with E-state index in [4.69, 9.17) is 14.2 Å². The van der Waals surface area contributed by atoms with E-state index in [1.54, 1.807) is 23.1 Å². The van der Waals surface area contributed by atoms with E-state index < -0.39 is 0 Å². The lowest BCUT2D eigenvalue weighted by molar-refractivity contribution is 0.152. The molecule has 0 unspecified atom stereocenters. The Balaban J connectivity index is 2.01. The number of rotatable bonds is 5. The molecule has 0 saturated carbocycles. The van der Waals surface area contributed by atoms with Crippen LogP contribution in [0.15, 0.2) is 18.2 Å². The van der Waals surface area contributed by atoms with Crippen LogP contribution in [0.3, 0.4) is 0 Å². The largest absolute Gasteiger partial charge is 0.454 e. The maximum Gasteiger partial charge on any atom is 0.415 e. The fraction of sp³-hybridized carbons (Fsp3) is 0.500. The van der Waals surface area contributed by atoms with Crippen molar-refractivity contribution in [1.82, 2.24) is 4.90 Å². The molecule has 5 nitrogen and oxygen atoms in total. The third-order valence-electron chi connectivity index (χ3n) is 2.79. The minimum Gasteiger partial charge on any atom is -0.454 e. The topological polar surface area (TPSA) is 48.0 Å². The lowest BCUT2D eigenvalue weighted by atomic mass is 10.3. The molecule has 0 aliphatic carbocycles. The Hall–Kier alpha value is -1.91. The van der Waals surface area contributed by atoms with E-state index in [2.05, 4.69) is 0 Å². The third-order valence-corrected chi connectivity index (χ3v) is 2.79. The maximum absolute atomic E-state index is 12.0. The second-order valence-electron chi connectivity index (χ2n) is 4.37.